The molecule has 2 aromatic heterocycles. The highest BCUT2D eigenvalue weighted by Gasteiger charge is 2.20. The monoisotopic (exact) mass is 419 g/mol. The van der Waals surface area contributed by atoms with Crippen molar-refractivity contribution < 1.29 is 14.3 Å². The van der Waals surface area contributed by atoms with Crippen molar-refractivity contribution >= 4 is 16.9 Å². The summed E-state index contributed by atoms with van der Waals surface area (Å²) in [4.78, 5) is 17.6. The molecular weight excluding hydrogens is 394 g/mol. The lowest BCUT2D eigenvalue weighted by molar-refractivity contribution is 0.0932. The van der Waals surface area contributed by atoms with E-state index in [9.17, 15) is 4.79 Å². The van der Waals surface area contributed by atoms with Gasteiger partial charge in [0.25, 0.3) is 5.91 Å². The molecule has 4 aromatic rings. The number of nitrogens with one attached hydrogen (secondary N) is 2. The van der Waals surface area contributed by atoms with Crippen molar-refractivity contribution in [1.29, 1.82) is 0 Å². The Bertz CT molecular complexity index is 1180. The average Bonchev–Trinajstić information content (AvgIpc) is 3.43. The van der Waals surface area contributed by atoms with E-state index in [-0.39, 0.29) is 11.9 Å². The van der Waals surface area contributed by atoms with Crippen LogP contribution in [0.5, 0.6) is 5.75 Å². The van der Waals surface area contributed by atoms with Gasteiger partial charge in [-0.3, -0.25) is 9.89 Å². The zero-order valence-electron chi connectivity index (χ0n) is 17.8. The van der Waals surface area contributed by atoms with Gasteiger partial charge in [0, 0.05) is 19.2 Å². The first-order valence-corrected chi connectivity index (χ1v) is 10.1. The fourth-order valence-electron chi connectivity index (χ4n) is 3.53. The van der Waals surface area contributed by atoms with Gasteiger partial charge in [-0.15, -0.1) is 0 Å². The molecular formula is C23H25N5O3. The molecule has 0 radical (unpaired) electrons. The highest BCUT2D eigenvalue weighted by molar-refractivity contribution is 5.93. The number of nitrogens with zero attached hydrogens (tertiary/aromatic N) is 3. The van der Waals surface area contributed by atoms with Crippen LogP contribution in [0, 0.1) is 0 Å². The largest absolute Gasteiger partial charge is 0.497 e. The van der Waals surface area contributed by atoms with Crippen LogP contribution in [0.25, 0.3) is 22.3 Å². The van der Waals surface area contributed by atoms with Gasteiger partial charge >= 0.3 is 0 Å². The molecule has 0 aliphatic carbocycles. The molecule has 1 atom stereocenters. The minimum Gasteiger partial charge on any atom is -0.497 e. The molecule has 0 aliphatic heterocycles. The van der Waals surface area contributed by atoms with E-state index >= 15 is 0 Å². The summed E-state index contributed by atoms with van der Waals surface area (Å²) < 4.78 is 12.5. The van der Waals surface area contributed by atoms with Crippen LogP contribution in [0.2, 0.25) is 0 Å². The van der Waals surface area contributed by atoms with Crippen molar-refractivity contribution in [2.75, 3.05) is 20.8 Å². The minimum absolute atomic E-state index is 0.245. The van der Waals surface area contributed by atoms with Crippen LogP contribution in [-0.4, -0.2) is 46.5 Å². The van der Waals surface area contributed by atoms with E-state index in [0.29, 0.717) is 24.5 Å². The van der Waals surface area contributed by atoms with E-state index in [1.54, 1.807) is 20.3 Å². The summed E-state index contributed by atoms with van der Waals surface area (Å²) in [7, 11) is 3.29. The number of H-pyrrole nitrogens is 1. The van der Waals surface area contributed by atoms with Gasteiger partial charge in [0.15, 0.2) is 0 Å². The van der Waals surface area contributed by atoms with Gasteiger partial charge in [0.2, 0.25) is 0 Å². The molecule has 8 heteroatoms. The third-order valence-electron chi connectivity index (χ3n) is 5.15. The number of methoxy groups -OCH3 is 2. The van der Waals surface area contributed by atoms with Gasteiger partial charge in [-0.05, 0) is 49.4 Å². The second-order valence-electron chi connectivity index (χ2n) is 7.19. The van der Waals surface area contributed by atoms with E-state index in [2.05, 4.69) is 20.1 Å². The summed E-state index contributed by atoms with van der Waals surface area (Å²) in [5, 5.41) is 10.1. The highest BCUT2D eigenvalue weighted by atomic mass is 16.5. The number of hydrogen-bond acceptors (Lipinski definition) is 5. The van der Waals surface area contributed by atoms with E-state index in [0.717, 1.165) is 28.2 Å². The molecule has 4 rings (SSSR count). The fraction of sp³-hybridized carbons (Fsp3) is 0.261. The molecule has 0 aliphatic rings. The molecule has 1 amide bonds. The first-order chi connectivity index (χ1) is 15.1. The first-order valence-electron chi connectivity index (χ1n) is 10.1. The number of rotatable bonds is 8. The van der Waals surface area contributed by atoms with Crippen molar-refractivity contribution in [3.8, 4) is 17.0 Å². The van der Waals surface area contributed by atoms with Crippen LogP contribution in [0.1, 0.15) is 29.3 Å². The lowest BCUT2D eigenvalue weighted by Crippen LogP contribution is -2.29. The van der Waals surface area contributed by atoms with E-state index in [1.165, 1.54) is 0 Å². The summed E-state index contributed by atoms with van der Waals surface area (Å²) in [5.74, 6) is 1.30. The molecule has 0 bridgehead atoms. The van der Waals surface area contributed by atoms with E-state index in [4.69, 9.17) is 14.5 Å². The molecule has 0 spiro atoms. The second-order valence-corrected chi connectivity index (χ2v) is 7.19. The average molecular weight is 419 g/mol. The Morgan fingerprint density at radius 3 is 2.68 bits per heavy atom. The maximum atomic E-state index is 12.8. The van der Waals surface area contributed by atoms with Crippen LogP contribution < -0.4 is 10.1 Å². The van der Waals surface area contributed by atoms with Gasteiger partial charge in [-0.25, -0.2) is 4.98 Å². The standard InChI is InChI=1S/C23H25N5O3/c1-15(22-25-18-6-4-5-7-21(18)28(22)12-13-30-2)24-23(29)20-14-19(26-27-20)16-8-10-17(31-3)11-9-16/h4-11,14-15H,12-13H2,1-3H3,(H,24,29)(H,26,27)/t15-/m0/s1. The maximum absolute atomic E-state index is 12.8. The molecule has 8 nitrogen and oxygen atoms in total. The van der Waals surface area contributed by atoms with Gasteiger partial charge in [-0.2, -0.15) is 5.10 Å². The zero-order chi connectivity index (χ0) is 21.8. The molecule has 0 saturated carbocycles. The number of benzene rings is 2. The SMILES string of the molecule is COCCn1c([C@H](C)NC(=O)c2cc(-c3ccc(OC)cc3)n[nH]2)nc2ccccc21. The number of fused-ring (bicyclic) bond motifs is 1. The number of aromatic amines is 1. The first kappa shape index (κ1) is 20.6. The third kappa shape index (κ3) is 4.29. The molecule has 0 saturated heterocycles. The van der Waals surface area contributed by atoms with E-state index in [1.807, 2.05) is 55.5 Å². The molecule has 2 aromatic carbocycles. The minimum atomic E-state index is -0.301. The zero-order valence-corrected chi connectivity index (χ0v) is 17.8. The molecule has 0 fully saturated rings. The van der Waals surface area contributed by atoms with Crippen molar-refractivity contribution in [1.82, 2.24) is 25.1 Å². The molecule has 31 heavy (non-hydrogen) atoms. The number of para-hydroxylation sites is 2. The Kier molecular flexibility index (Phi) is 5.99. The lowest BCUT2D eigenvalue weighted by Gasteiger charge is -2.15. The van der Waals surface area contributed by atoms with Crippen LogP contribution >= 0.6 is 0 Å². The van der Waals surface area contributed by atoms with Crippen LogP contribution in [0.15, 0.2) is 54.6 Å². The summed E-state index contributed by atoms with van der Waals surface area (Å²) in [6.45, 7) is 3.13. The van der Waals surface area contributed by atoms with Gasteiger partial charge in [0.1, 0.15) is 17.3 Å². The molecule has 160 valence electrons. The number of aromatic nitrogens is 4. The van der Waals surface area contributed by atoms with Gasteiger partial charge < -0.3 is 19.4 Å². The summed E-state index contributed by atoms with van der Waals surface area (Å²) in [5.41, 5.74) is 3.87. The normalized spacial score (nSPS) is 12.1. The summed E-state index contributed by atoms with van der Waals surface area (Å²) in [6.07, 6.45) is 0. The quantitative estimate of drug-likeness (QED) is 0.455. The van der Waals surface area contributed by atoms with Crippen molar-refractivity contribution in [3.05, 3.63) is 66.1 Å². The Balaban J connectivity index is 1.53. The Morgan fingerprint density at radius 2 is 1.94 bits per heavy atom. The van der Waals surface area contributed by atoms with Crippen molar-refractivity contribution in [2.24, 2.45) is 0 Å². The number of carbonyl (C=O) groups is 1. The van der Waals surface area contributed by atoms with Gasteiger partial charge in [0.05, 0.1) is 36.5 Å². The molecule has 2 N–H and O–H groups in total. The van der Waals surface area contributed by atoms with Crippen LogP contribution in [-0.2, 0) is 11.3 Å². The Morgan fingerprint density at radius 1 is 1.16 bits per heavy atom. The van der Waals surface area contributed by atoms with E-state index < -0.39 is 0 Å². The molecule has 2 heterocycles. The van der Waals surface area contributed by atoms with Crippen molar-refractivity contribution in [3.63, 3.8) is 0 Å². The van der Waals surface area contributed by atoms with Crippen molar-refractivity contribution in [2.45, 2.75) is 19.5 Å². The maximum Gasteiger partial charge on any atom is 0.269 e. The summed E-state index contributed by atoms with van der Waals surface area (Å²) >= 11 is 0. The number of ether oxygens (including phenoxy) is 2. The molecule has 0 unspecified atom stereocenters. The number of hydrogen-bond donors (Lipinski definition) is 2. The smallest absolute Gasteiger partial charge is 0.269 e. The second kappa shape index (κ2) is 9.01. The predicted molar refractivity (Wildman–Crippen MR) is 118 cm³/mol. The lowest BCUT2D eigenvalue weighted by atomic mass is 10.1. The number of carbonyl (C=O) groups excluding carboxylic acids is 1. The number of imidazole rings is 1. The number of amides is 1. The Labute approximate surface area is 180 Å². The predicted octanol–water partition coefficient (Wildman–Crippen LogP) is 3.57. The van der Waals surface area contributed by atoms with Crippen LogP contribution in [0.4, 0.5) is 0 Å². The third-order valence-corrected chi connectivity index (χ3v) is 5.15. The Hall–Kier alpha value is -3.65. The topological polar surface area (TPSA) is 94.1 Å². The fourth-order valence-corrected chi connectivity index (χ4v) is 3.53. The van der Waals surface area contributed by atoms with Crippen LogP contribution in [0.3, 0.4) is 0 Å². The summed E-state index contributed by atoms with van der Waals surface area (Å²) in [6, 6.07) is 16.9. The highest BCUT2D eigenvalue weighted by Crippen LogP contribution is 2.23. The van der Waals surface area contributed by atoms with Gasteiger partial charge in [-0.1, -0.05) is 12.1 Å².